The van der Waals surface area contributed by atoms with Crippen LogP contribution in [0.2, 0.25) is 0 Å². The molecule has 0 atom stereocenters. The lowest BCUT2D eigenvalue weighted by molar-refractivity contribution is 0.600. The number of hydrogen-bond donors (Lipinski definition) is 3. The minimum Gasteiger partial charge on any atom is -0.399 e. The zero-order valence-electron chi connectivity index (χ0n) is 11.0. The van der Waals surface area contributed by atoms with Gasteiger partial charge in [0.05, 0.1) is 11.2 Å². The smallest absolute Gasteiger partial charge is 0.0627 e. The molecule has 0 bridgehead atoms. The van der Waals surface area contributed by atoms with Crippen LogP contribution in [0.1, 0.15) is 25.0 Å². The normalized spacial score (nSPS) is 12.7. The molecule has 1 rings (SSSR count). The Kier molecular flexibility index (Phi) is 3.80. The molecule has 4 heteroatoms. The Labute approximate surface area is 103 Å². The molecule has 6 N–H and O–H groups in total. The number of nitrogens with two attached hydrogens (primary N) is 3. The molecule has 0 amide bonds. The molecule has 4 nitrogen and oxygen atoms in total. The Morgan fingerprint density at radius 2 is 1.71 bits per heavy atom. The first-order valence-corrected chi connectivity index (χ1v) is 5.60. The Morgan fingerprint density at radius 3 is 2.12 bits per heavy atom. The van der Waals surface area contributed by atoms with E-state index in [-0.39, 0.29) is 0 Å². The summed E-state index contributed by atoms with van der Waals surface area (Å²) in [6, 6.07) is 6.03. The van der Waals surface area contributed by atoms with Crippen LogP contribution in [0.25, 0.3) is 0 Å². The number of hydrogen-bond acceptors (Lipinski definition) is 4. The van der Waals surface area contributed by atoms with Crippen molar-refractivity contribution >= 4 is 5.69 Å². The lowest BCUT2D eigenvalue weighted by Crippen LogP contribution is -2.40. The highest BCUT2D eigenvalue weighted by atomic mass is 15.4. The second kappa shape index (κ2) is 4.77. The predicted molar refractivity (Wildman–Crippen MR) is 73.1 cm³/mol. The van der Waals surface area contributed by atoms with Gasteiger partial charge >= 0.3 is 0 Å². The molecule has 0 heterocycles. The van der Waals surface area contributed by atoms with Crippen molar-refractivity contribution in [1.82, 2.24) is 0 Å². The third-order valence-electron chi connectivity index (χ3n) is 2.72. The third kappa shape index (κ3) is 3.22. The number of rotatable bonds is 3. The fourth-order valence-electron chi connectivity index (χ4n) is 1.59. The lowest BCUT2D eigenvalue weighted by atomic mass is 10.0. The highest BCUT2D eigenvalue weighted by Crippen LogP contribution is 2.23. The standard InChI is InChI=1S/C13H22N4/c1-9-6-5-7-10(2)12(9)17(16)8-11(14)13(3,4)15/h5-8H,14-16H2,1-4H3/b11-8-. The molecule has 0 aliphatic rings. The van der Waals surface area contributed by atoms with Gasteiger partial charge in [0, 0.05) is 11.9 Å². The van der Waals surface area contributed by atoms with Crippen LogP contribution in [0.5, 0.6) is 0 Å². The van der Waals surface area contributed by atoms with E-state index >= 15 is 0 Å². The van der Waals surface area contributed by atoms with E-state index in [1.165, 1.54) is 5.01 Å². The van der Waals surface area contributed by atoms with Gasteiger partial charge in [0.1, 0.15) is 0 Å². The molecule has 0 aliphatic carbocycles. The van der Waals surface area contributed by atoms with Crippen LogP contribution in [-0.2, 0) is 0 Å². The quantitative estimate of drug-likeness (QED) is 0.547. The molecular formula is C13H22N4. The zero-order valence-corrected chi connectivity index (χ0v) is 11.0. The summed E-state index contributed by atoms with van der Waals surface area (Å²) >= 11 is 0. The van der Waals surface area contributed by atoms with Crippen LogP contribution in [-0.4, -0.2) is 5.54 Å². The van der Waals surface area contributed by atoms with Gasteiger partial charge in [-0.3, -0.25) is 5.01 Å². The summed E-state index contributed by atoms with van der Waals surface area (Å²) in [4.78, 5) is 0. The van der Waals surface area contributed by atoms with Crippen molar-refractivity contribution in [2.45, 2.75) is 33.2 Å². The first-order valence-electron chi connectivity index (χ1n) is 5.60. The fourth-order valence-corrected chi connectivity index (χ4v) is 1.59. The summed E-state index contributed by atoms with van der Waals surface area (Å²) in [5, 5.41) is 1.54. The summed E-state index contributed by atoms with van der Waals surface area (Å²) in [5.41, 5.74) is 14.9. The zero-order chi connectivity index (χ0) is 13.2. The van der Waals surface area contributed by atoms with Crippen molar-refractivity contribution in [3.8, 4) is 0 Å². The van der Waals surface area contributed by atoms with Crippen molar-refractivity contribution in [3.05, 3.63) is 41.2 Å². The van der Waals surface area contributed by atoms with Crippen molar-refractivity contribution < 1.29 is 0 Å². The summed E-state index contributed by atoms with van der Waals surface area (Å²) in [5.74, 6) is 6.02. The first kappa shape index (κ1) is 13.5. The maximum absolute atomic E-state index is 6.02. The number of aryl methyl sites for hydroxylation is 2. The Balaban J connectivity index is 3.10. The molecule has 0 aliphatic heterocycles. The van der Waals surface area contributed by atoms with Crippen LogP contribution in [0.4, 0.5) is 5.69 Å². The van der Waals surface area contributed by atoms with Crippen molar-refractivity contribution in [2.24, 2.45) is 17.3 Å². The molecule has 1 aromatic carbocycles. The monoisotopic (exact) mass is 234 g/mol. The number of anilines is 1. The highest BCUT2D eigenvalue weighted by molar-refractivity contribution is 5.59. The van der Waals surface area contributed by atoms with Gasteiger partial charge in [0.15, 0.2) is 0 Å². The molecule has 0 aromatic heterocycles. The highest BCUT2D eigenvalue weighted by Gasteiger charge is 2.16. The van der Waals surface area contributed by atoms with Gasteiger partial charge in [-0.1, -0.05) is 18.2 Å². The molecule has 0 unspecified atom stereocenters. The van der Waals surface area contributed by atoms with Gasteiger partial charge in [-0.25, -0.2) is 5.84 Å². The fraction of sp³-hybridized carbons (Fsp3) is 0.385. The number of para-hydroxylation sites is 1. The average Bonchev–Trinajstić information content (AvgIpc) is 2.15. The Hall–Kier alpha value is -1.52. The molecule has 0 saturated carbocycles. The van der Waals surface area contributed by atoms with E-state index in [9.17, 15) is 0 Å². The van der Waals surface area contributed by atoms with Gasteiger partial charge in [0.2, 0.25) is 0 Å². The van der Waals surface area contributed by atoms with E-state index in [1.807, 2.05) is 45.9 Å². The number of hydrazine groups is 1. The van der Waals surface area contributed by atoms with Crippen LogP contribution in [0, 0.1) is 13.8 Å². The SMILES string of the molecule is Cc1cccc(C)c1N(N)/C=C(\N)C(C)(C)N. The van der Waals surface area contributed by atoms with Gasteiger partial charge < -0.3 is 11.5 Å². The van der Waals surface area contributed by atoms with Crippen LogP contribution >= 0.6 is 0 Å². The molecule has 0 fully saturated rings. The summed E-state index contributed by atoms with van der Waals surface area (Å²) in [7, 11) is 0. The molecule has 17 heavy (non-hydrogen) atoms. The second-order valence-electron chi connectivity index (χ2n) is 4.95. The van der Waals surface area contributed by atoms with Crippen molar-refractivity contribution in [1.29, 1.82) is 0 Å². The number of benzene rings is 1. The number of nitrogens with zero attached hydrogens (tertiary/aromatic N) is 1. The average molecular weight is 234 g/mol. The van der Waals surface area contributed by atoms with Gasteiger partial charge in [-0.15, -0.1) is 0 Å². The second-order valence-corrected chi connectivity index (χ2v) is 4.95. The van der Waals surface area contributed by atoms with Gasteiger partial charge in [-0.2, -0.15) is 0 Å². The third-order valence-corrected chi connectivity index (χ3v) is 2.72. The molecule has 0 radical (unpaired) electrons. The van der Waals surface area contributed by atoms with Gasteiger partial charge in [0.25, 0.3) is 0 Å². The van der Waals surface area contributed by atoms with Crippen LogP contribution < -0.4 is 22.3 Å². The van der Waals surface area contributed by atoms with E-state index in [1.54, 1.807) is 6.20 Å². The summed E-state index contributed by atoms with van der Waals surface area (Å²) in [6.07, 6.45) is 1.68. The molecule has 94 valence electrons. The van der Waals surface area contributed by atoms with Crippen molar-refractivity contribution in [3.63, 3.8) is 0 Å². The van der Waals surface area contributed by atoms with Crippen LogP contribution in [0.15, 0.2) is 30.1 Å². The van der Waals surface area contributed by atoms with Crippen LogP contribution in [0.3, 0.4) is 0 Å². The van der Waals surface area contributed by atoms with E-state index in [0.29, 0.717) is 5.70 Å². The van der Waals surface area contributed by atoms with Gasteiger partial charge in [-0.05, 0) is 38.8 Å². The Morgan fingerprint density at radius 1 is 1.24 bits per heavy atom. The van der Waals surface area contributed by atoms with E-state index in [2.05, 4.69) is 0 Å². The summed E-state index contributed by atoms with van der Waals surface area (Å²) < 4.78 is 0. The molecular weight excluding hydrogens is 212 g/mol. The molecule has 1 aromatic rings. The van der Waals surface area contributed by atoms with E-state index < -0.39 is 5.54 Å². The Bertz CT molecular complexity index is 409. The summed E-state index contributed by atoms with van der Waals surface area (Å²) in [6.45, 7) is 7.72. The van der Waals surface area contributed by atoms with E-state index in [0.717, 1.165) is 16.8 Å². The van der Waals surface area contributed by atoms with Crippen molar-refractivity contribution in [2.75, 3.05) is 5.01 Å². The first-order chi connectivity index (χ1) is 7.73. The van der Waals surface area contributed by atoms with E-state index in [4.69, 9.17) is 17.3 Å². The largest absolute Gasteiger partial charge is 0.399 e. The maximum Gasteiger partial charge on any atom is 0.0627 e. The molecule has 0 spiro atoms. The topological polar surface area (TPSA) is 81.3 Å². The minimum atomic E-state index is -0.575. The maximum atomic E-state index is 6.02. The minimum absolute atomic E-state index is 0.544. The predicted octanol–water partition coefficient (Wildman–Crippen LogP) is 1.52. The lowest BCUT2D eigenvalue weighted by Gasteiger charge is -2.24. The molecule has 0 saturated heterocycles.